The Morgan fingerprint density at radius 1 is 1.08 bits per heavy atom. The Labute approximate surface area is 305 Å². The minimum Gasteiger partial charge on any atom is -0.493 e. The number of alkyl carbamates (subject to hydrolysis) is 1. The fourth-order valence-corrected chi connectivity index (χ4v) is 7.48. The number of ether oxygens (including phenoxy) is 4. The highest BCUT2D eigenvalue weighted by molar-refractivity contribution is 7.13. The van der Waals surface area contributed by atoms with Gasteiger partial charge in [-0.25, -0.2) is 19.6 Å². The highest BCUT2D eigenvalue weighted by atomic mass is 32.1. The summed E-state index contributed by atoms with van der Waals surface area (Å²) in [5.41, 5.74) is -0.767. The number of nitrogens with one attached hydrogen (secondary N) is 2. The molecule has 1 aliphatic carbocycles. The van der Waals surface area contributed by atoms with Gasteiger partial charge in [-0.05, 0) is 57.9 Å². The molecule has 278 valence electrons. The summed E-state index contributed by atoms with van der Waals surface area (Å²) >= 11 is 1.45. The van der Waals surface area contributed by atoms with Crippen molar-refractivity contribution in [2.75, 3.05) is 20.8 Å². The van der Waals surface area contributed by atoms with E-state index in [-0.39, 0.29) is 31.2 Å². The lowest BCUT2D eigenvalue weighted by Gasteiger charge is -2.30. The standard InChI is InChI=1S/C37H45N5O9S/c1-36(2,3)51-35(47)40-23-13-10-8-6-7-9-12-21-19-37(21,34(45)46)41-31(43)26-16-22(20-42(26)33(23)44)50-32-30(29-14-11-15-52-29)38-24-17-27(48-4)28(49-5)18-25(24)39-32/h9,11-12,14-15,17-18,21-23,26H,6-8,10,13,16,19-20H2,1-5H3,(H,40,47)(H,41,43)(H,45,46)/b12-9-/t21?,22-,23+,26?,37?/m1/s1. The van der Waals surface area contributed by atoms with Crippen molar-refractivity contribution in [3.63, 3.8) is 0 Å². The highest BCUT2D eigenvalue weighted by Crippen LogP contribution is 2.45. The molecule has 0 spiro atoms. The number of thiophene rings is 1. The third-order valence-corrected chi connectivity index (χ3v) is 10.4. The Kier molecular flexibility index (Phi) is 10.6. The van der Waals surface area contributed by atoms with Crippen LogP contribution in [0.25, 0.3) is 21.6 Å². The van der Waals surface area contributed by atoms with E-state index in [1.807, 2.05) is 29.7 Å². The number of hydrogen-bond donors (Lipinski definition) is 3. The monoisotopic (exact) mass is 735 g/mol. The van der Waals surface area contributed by atoms with E-state index in [0.717, 1.165) is 24.1 Å². The molecular formula is C37H45N5O9S. The molecule has 3 N–H and O–H groups in total. The van der Waals surface area contributed by atoms with Crippen LogP contribution in [0.3, 0.4) is 0 Å². The predicted octanol–water partition coefficient (Wildman–Crippen LogP) is 5.10. The lowest BCUT2D eigenvalue weighted by Crippen LogP contribution is -2.56. The highest BCUT2D eigenvalue weighted by Gasteiger charge is 2.61. The molecule has 6 rings (SSSR count). The van der Waals surface area contributed by atoms with Crippen LogP contribution >= 0.6 is 11.3 Å². The molecule has 2 aromatic heterocycles. The van der Waals surface area contributed by atoms with Gasteiger partial charge in [0.2, 0.25) is 17.7 Å². The number of amides is 3. The van der Waals surface area contributed by atoms with Gasteiger partial charge in [0.15, 0.2) is 11.5 Å². The number of benzene rings is 1. The zero-order valence-electron chi connectivity index (χ0n) is 30.0. The first-order valence-corrected chi connectivity index (χ1v) is 18.4. The van der Waals surface area contributed by atoms with Crippen LogP contribution in [0.4, 0.5) is 4.79 Å². The number of methoxy groups -OCH3 is 2. The van der Waals surface area contributed by atoms with Crippen molar-refractivity contribution in [2.24, 2.45) is 5.92 Å². The number of nitrogens with zero attached hydrogens (tertiary/aromatic N) is 3. The van der Waals surface area contributed by atoms with Gasteiger partial charge in [0, 0.05) is 24.5 Å². The lowest BCUT2D eigenvalue weighted by molar-refractivity contribution is -0.145. The van der Waals surface area contributed by atoms with Gasteiger partial charge >= 0.3 is 12.1 Å². The Morgan fingerprint density at radius 2 is 1.81 bits per heavy atom. The van der Waals surface area contributed by atoms with Crippen LogP contribution in [-0.4, -0.2) is 93.9 Å². The van der Waals surface area contributed by atoms with E-state index in [4.69, 9.17) is 28.9 Å². The molecule has 2 fully saturated rings. The second-order valence-corrected chi connectivity index (χ2v) is 15.3. The second-order valence-electron chi connectivity index (χ2n) is 14.4. The minimum atomic E-state index is -1.47. The third-order valence-electron chi connectivity index (χ3n) is 9.48. The average Bonchev–Trinajstić information content (AvgIpc) is 3.39. The van der Waals surface area contributed by atoms with Crippen molar-refractivity contribution < 1.29 is 43.2 Å². The quantitative estimate of drug-likeness (QED) is 0.275. The van der Waals surface area contributed by atoms with Gasteiger partial charge in [-0.3, -0.25) is 9.59 Å². The normalized spacial score (nSPS) is 25.8. The molecule has 1 saturated heterocycles. The van der Waals surface area contributed by atoms with Gasteiger partial charge in [0.25, 0.3) is 0 Å². The molecule has 52 heavy (non-hydrogen) atoms. The van der Waals surface area contributed by atoms with Crippen LogP contribution in [0.1, 0.15) is 65.7 Å². The zero-order valence-corrected chi connectivity index (χ0v) is 30.8. The van der Waals surface area contributed by atoms with E-state index in [1.165, 1.54) is 30.5 Å². The van der Waals surface area contributed by atoms with Crippen LogP contribution in [0, 0.1) is 5.92 Å². The molecule has 3 amide bonds. The maximum absolute atomic E-state index is 14.4. The number of aromatic nitrogens is 2. The van der Waals surface area contributed by atoms with Crippen LogP contribution in [0.5, 0.6) is 17.4 Å². The summed E-state index contributed by atoms with van der Waals surface area (Å²) in [6, 6.07) is 5.12. The molecular weight excluding hydrogens is 691 g/mol. The van der Waals surface area contributed by atoms with Crippen molar-refractivity contribution in [1.29, 1.82) is 0 Å². The molecule has 2 aliphatic heterocycles. The van der Waals surface area contributed by atoms with Crippen molar-refractivity contribution >= 4 is 46.2 Å². The zero-order chi connectivity index (χ0) is 37.2. The van der Waals surface area contributed by atoms with E-state index < -0.39 is 53.2 Å². The number of fused-ring (bicyclic) bond motifs is 3. The Balaban J connectivity index is 1.35. The number of aliphatic carboxylic acids is 1. The van der Waals surface area contributed by atoms with Crippen LogP contribution in [0.2, 0.25) is 0 Å². The predicted molar refractivity (Wildman–Crippen MR) is 192 cm³/mol. The number of rotatable bonds is 7. The van der Waals surface area contributed by atoms with E-state index >= 15 is 0 Å². The largest absolute Gasteiger partial charge is 0.493 e. The number of hydrogen-bond acceptors (Lipinski definition) is 11. The summed E-state index contributed by atoms with van der Waals surface area (Å²) in [5, 5.41) is 17.6. The van der Waals surface area contributed by atoms with Gasteiger partial charge in [0.05, 0.1) is 36.7 Å². The second kappa shape index (κ2) is 15.0. The summed E-state index contributed by atoms with van der Waals surface area (Å²) in [6.45, 7) is 5.17. The molecule has 0 bridgehead atoms. The molecule has 3 unspecified atom stereocenters. The first-order chi connectivity index (χ1) is 24.8. The molecule has 1 saturated carbocycles. The number of carbonyl (C=O) groups is 4. The van der Waals surface area contributed by atoms with Crippen molar-refractivity contribution in [1.82, 2.24) is 25.5 Å². The van der Waals surface area contributed by atoms with Crippen LogP contribution in [-0.2, 0) is 19.1 Å². The maximum atomic E-state index is 14.4. The first kappa shape index (κ1) is 36.9. The maximum Gasteiger partial charge on any atom is 0.408 e. The van der Waals surface area contributed by atoms with E-state index in [1.54, 1.807) is 32.9 Å². The minimum absolute atomic E-state index is 0.0254. The van der Waals surface area contributed by atoms with Crippen LogP contribution in [0.15, 0.2) is 41.8 Å². The average molecular weight is 736 g/mol. The van der Waals surface area contributed by atoms with Gasteiger partial charge in [0.1, 0.15) is 35.0 Å². The third kappa shape index (κ3) is 7.93. The summed E-state index contributed by atoms with van der Waals surface area (Å²) in [6.07, 6.45) is 5.93. The summed E-state index contributed by atoms with van der Waals surface area (Å²) in [7, 11) is 3.06. The van der Waals surface area contributed by atoms with Gasteiger partial charge in [-0.1, -0.05) is 31.1 Å². The lowest BCUT2D eigenvalue weighted by atomic mass is 10.0. The number of carboxylic acid groups (broad SMARTS) is 1. The van der Waals surface area contributed by atoms with Crippen molar-refractivity contribution in [3.05, 3.63) is 41.8 Å². The molecule has 0 radical (unpaired) electrons. The smallest absolute Gasteiger partial charge is 0.408 e. The molecule has 1 aromatic carbocycles. The number of carbonyl (C=O) groups excluding carboxylic acids is 3. The fraction of sp³-hybridized carbons (Fsp3) is 0.514. The van der Waals surface area contributed by atoms with Crippen molar-refractivity contribution in [2.45, 2.75) is 95.0 Å². The molecule has 15 heteroatoms. The van der Waals surface area contributed by atoms with Crippen LogP contribution < -0.4 is 24.8 Å². The van der Waals surface area contributed by atoms with Crippen molar-refractivity contribution in [3.8, 4) is 28.0 Å². The molecule has 3 aliphatic rings. The topological polar surface area (TPSA) is 179 Å². The number of allylic oxidation sites excluding steroid dienone is 1. The fourth-order valence-electron chi connectivity index (χ4n) is 6.78. The molecule has 14 nitrogen and oxygen atoms in total. The van der Waals surface area contributed by atoms with Gasteiger partial charge in [-0.2, -0.15) is 0 Å². The molecule has 4 heterocycles. The summed E-state index contributed by atoms with van der Waals surface area (Å²) in [4.78, 5) is 65.8. The van der Waals surface area contributed by atoms with E-state index in [9.17, 15) is 24.3 Å². The molecule has 5 atom stereocenters. The van der Waals surface area contributed by atoms with E-state index in [2.05, 4.69) is 10.6 Å². The summed E-state index contributed by atoms with van der Waals surface area (Å²) < 4.78 is 23.0. The van der Waals surface area contributed by atoms with E-state index in [0.29, 0.717) is 41.1 Å². The van der Waals surface area contributed by atoms with Gasteiger partial charge < -0.3 is 39.6 Å². The Hall–Kier alpha value is -4.92. The number of carboxylic acids is 1. The Morgan fingerprint density at radius 3 is 2.46 bits per heavy atom. The summed E-state index contributed by atoms with van der Waals surface area (Å²) in [5.74, 6) is -1.45. The van der Waals surface area contributed by atoms with Gasteiger partial charge in [-0.15, -0.1) is 11.3 Å². The Bertz CT molecular complexity index is 1860. The molecule has 3 aromatic rings. The first-order valence-electron chi connectivity index (χ1n) is 17.5. The SMILES string of the molecule is COc1cc2nc(O[C@@H]3CC4C(=O)NC5(C(=O)O)CC5/C=C\CCCCC[C@H](NC(=O)OC(C)(C)C)C(=O)N4C3)c(-c3cccs3)nc2cc1OC.